The van der Waals surface area contributed by atoms with E-state index < -0.39 is 0 Å². The van der Waals surface area contributed by atoms with Gasteiger partial charge in [0, 0.05) is 21.7 Å². The fourth-order valence-electron chi connectivity index (χ4n) is 2.42. The van der Waals surface area contributed by atoms with E-state index in [1.165, 1.54) is 24.2 Å². The highest BCUT2D eigenvalue weighted by atomic mass is 35.5. The van der Waals surface area contributed by atoms with Crippen molar-refractivity contribution in [2.24, 2.45) is 0 Å². The van der Waals surface area contributed by atoms with Crippen LogP contribution in [0.15, 0.2) is 58.2 Å². The summed E-state index contributed by atoms with van der Waals surface area (Å²) < 4.78 is 19.7. The maximum Gasteiger partial charge on any atom is 0.186 e. The number of halogens is 2. The summed E-state index contributed by atoms with van der Waals surface area (Å²) >= 11 is 7.45. The van der Waals surface area contributed by atoms with Crippen molar-refractivity contribution in [2.45, 2.75) is 10.8 Å². The zero-order chi connectivity index (χ0) is 15.8. The Labute approximate surface area is 140 Å². The third kappa shape index (κ3) is 2.56. The zero-order valence-electron chi connectivity index (χ0n) is 11.8. The second-order valence-electron chi connectivity index (χ2n) is 4.94. The van der Waals surface area contributed by atoms with Gasteiger partial charge in [-0.05, 0) is 24.3 Å². The average molecular weight is 345 g/mol. The third-order valence-corrected chi connectivity index (χ3v) is 4.89. The predicted octanol–water partition coefficient (Wildman–Crippen LogP) is 5.46. The summed E-state index contributed by atoms with van der Waals surface area (Å²) in [6.07, 6.45) is 1.50. The molecule has 0 aliphatic rings. The van der Waals surface area contributed by atoms with E-state index in [0.717, 1.165) is 16.5 Å². The lowest BCUT2D eigenvalue weighted by Gasteiger charge is -2.05. The second-order valence-corrected chi connectivity index (χ2v) is 6.31. The predicted molar refractivity (Wildman–Crippen MR) is 90.3 cm³/mol. The van der Waals surface area contributed by atoms with Gasteiger partial charge in [0.1, 0.15) is 28.3 Å². The average Bonchev–Trinajstić information content (AvgIpc) is 2.94. The van der Waals surface area contributed by atoms with Crippen LogP contribution in [0.4, 0.5) is 4.39 Å². The Bertz CT molecular complexity index is 998. The van der Waals surface area contributed by atoms with Crippen LogP contribution in [0.2, 0.25) is 5.02 Å². The Kier molecular flexibility index (Phi) is 3.67. The Morgan fingerprint density at radius 3 is 2.83 bits per heavy atom. The number of hydrogen-bond donors (Lipinski definition) is 0. The highest BCUT2D eigenvalue weighted by molar-refractivity contribution is 7.98. The number of hydrogen-bond acceptors (Lipinski definition) is 4. The number of thioether (sulfide) groups is 1. The first-order valence-electron chi connectivity index (χ1n) is 6.92. The van der Waals surface area contributed by atoms with Gasteiger partial charge in [0.2, 0.25) is 0 Å². The highest BCUT2D eigenvalue weighted by Gasteiger charge is 2.15. The molecule has 0 saturated carbocycles. The summed E-state index contributed by atoms with van der Waals surface area (Å²) in [6, 6.07) is 12.4. The van der Waals surface area contributed by atoms with E-state index in [1.54, 1.807) is 12.1 Å². The molecule has 3 nitrogen and oxygen atoms in total. The van der Waals surface area contributed by atoms with Gasteiger partial charge >= 0.3 is 0 Å². The largest absolute Gasteiger partial charge is 0.451 e. The van der Waals surface area contributed by atoms with E-state index in [0.29, 0.717) is 26.9 Å². The standard InChI is InChI=1S/C17H10ClFN2OS/c18-12-5-3-6-13(19)11(12)8-23-17-16-15(20-9-21-17)10-4-1-2-7-14(10)22-16/h1-7,9H,8H2. The molecule has 0 amide bonds. The quantitative estimate of drug-likeness (QED) is 0.365. The Morgan fingerprint density at radius 2 is 1.96 bits per heavy atom. The smallest absolute Gasteiger partial charge is 0.186 e. The fourth-order valence-corrected chi connectivity index (χ4v) is 3.69. The molecule has 0 bridgehead atoms. The molecule has 0 atom stereocenters. The third-order valence-electron chi connectivity index (χ3n) is 3.54. The number of rotatable bonds is 3. The van der Waals surface area contributed by atoms with Gasteiger partial charge in [0.25, 0.3) is 0 Å². The summed E-state index contributed by atoms with van der Waals surface area (Å²) in [5.41, 5.74) is 2.60. The summed E-state index contributed by atoms with van der Waals surface area (Å²) in [4.78, 5) is 8.57. The molecule has 0 unspecified atom stereocenters. The summed E-state index contributed by atoms with van der Waals surface area (Å²) in [5.74, 6) is 0.0502. The van der Waals surface area contributed by atoms with Crippen LogP contribution >= 0.6 is 23.4 Å². The molecule has 23 heavy (non-hydrogen) atoms. The number of aromatic nitrogens is 2. The molecule has 4 aromatic rings. The molecule has 0 aliphatic carbocycles. The first-order valence-corrected chi connectivity index (χ1v) is 8.28. The topological polar surface area (TPSA) is 38.9 Å². The van der Waals surface area contributed by atoms with Crippen LogP contribution < -0.4 is 0 Å². The minimum Gasteiger partial charge on any atom is -0.451 e. The summed E-state index contributed by atoms with van der Waals surface area (Å²) in [6.45, 7) is 0. The van der Waals surface area contributed by atoms with Crippen LogP contribution in [0, 0.1) is 5.82 Å². The van der Waals surface area contributed by atoms with Crippen LogP contribution in [0.5, 0.6) is 0 Å². The molecule has 0 radical (unpaired) electrons. The van der Waals surface area contributed by atoms with Gasteiger partial charge in [0.15, 0.2) is 5.58 Å². The maximum atomic E-state index is 13.9. The van der Waals surface area contributed by atoms with Crippen molar-refractivity contribution < 1.29 is 8.81 Å². The molecule has 114 valence electrons. The molecule has 0 saturated heterocycles. The van der Waals surface area contributed by atoms with Gasteiger partial charge in [-0.2, -0.15) is 0 Å². The van der Waals surface area contributed by atoms with Crippen LogP contribution in [0.1, 0.15) is 5.56 Å². The van der Waals surface area contributed by atoms with Crippen molar-refractivity contribution in [1.29, 1.82) is 0 Å². The second kappa shape index (κ2) is 5.83. The monoisotopic (exact) mass is 344 g/mol. The van der Waals surface area contributed by atoms with Crippen molar-refractivity contribution in [2.75, 3.05) is 0 Å². The van der Waals surface area contributed by atoms with E-state index in [1.807, 2.05) is 24.3 Å². The van der Waals surface area contributed by atoms with Crippen LogP contribution in [-0.4, -0.2) is 9.97 Å². The Balaban J connectivity index is 1.75. The molecule has 4 rings (SSSR count). The maximum absolute atomic E-state index is 13.9. The summed E-state index contributed by atoms with van der Waals surface area (Å²) in [7, 11) is 0. The molecule has 0 spiro atoms. The fraction of sp³-hybridized carbons (Fsp3) is 0.0588. The molecular formula is C17H10ClFN2OS. The summed E-state index contributed by atoms with van der Waals surface area (Å²) in [5, 5.41) is 2.02. The molecule has 2 heterocycles. The number of fused-ring (bicyclic) bond motifs is 3. The minimum atomic E-state index is -0.320. The number of para-hydroxylation sites is 1. The molecule has 2 aromatic carbocycles. The Morgan fingerprint density at radius 1 is 1.09 bits per heavy atom. The number of benzene rings is 2. The number of nitrogens with zero attached hydrogens (tertiary/aromatic N) is 2. The lowest BCUT2D eigenvalue weighted by Crippen LogP contribution is -1.90. The molecule has 6 heteroatoms. The van der Waals surface area contributed by atoms with E-state index in [-0.39, 0.29) is 5.82 Å². The van der Waals surface area contributed by atoms with E-state index in [4.69, 9.17) is 16.0 Å². The number of furan rings is 1. The van der Waals surface area contributed by atoms with Gasteiger partial charge in [-0.3, -0.25) is 0 Å². The van der Waals surface area contributed by atoms with Crippen molar-refractivity contribution in [1.82, 2.24) is 9.97 Å². The van der Waals surface area contributed by atoms with E-state index in [2.05, 4.69) is 9.97 Å². The van der Waals surface area contributed by atoms with Gasteiger partial charge in [0.05, 0.1) is 0 Å². The molecule has 2 aromatic heterocycles. The molecule has 0 N–H and O–H groups in total. The van der Waals surface area contributed by atoms with Crippen LogP contribution in [0.3, 0.4) is 0 Å². The zero-order valence-corrected chi connectivity index (χ0v) is 13.4. The normalized spacial score (nSPS) is 11.4. The minimum absolute atomic E-state index is 0.320. The first-order chi connectivity index (χ1) is 11.2. The van der Waals surface area contributed by atoms with E-state index >= 15 is 0 Å². The van der Waals surface area contributed by atoms with Crippen molar-refractivity contribution in [3.63, 3.8) is 0 Å². The highest BCUT2D eigenvalue weighted by Crippen LogP contribution is 2.35. The van der Waals surface area contributed by atoms with Gasteiger partial charge in [-0.1, -0.05) is 41.6 Å². The molecule has 0 fully saturated rings. The van der Waals surface area contributed by atoms with Crippen molar-refractivity contribution >= 4 is 45.4 Å². The lowest BCUT2D eigenvalue weighted by molar-refractivity contribution is 0.617. The SMILES string of the molecule is Fc1cccc(Cl)c1CSc1ncnc2c1oc1ccccc12. The Hall–Kier alpha value is -2.11. The van der Waals surface area contributed by atoms with Crippen LogP contribution in [0.25, 0.3) is 22.1 Å². The van der Waals surface area contributed by atoms with Crippen molar-refractivity contribution in [3.8, 4) is 0 Å². The molecule has 0 aliphatic heterocycles. The first kappa shape index (κ1) is 14.5. The van der Waals surface area contributed by atoms with Gasteiger partial charge in [-0.15, -0.1) is 0 Å². The van der Waals surface area contributed by atoms with Crippen LogP contribution in [-0.2, 0) is 5.75 Å². The van der Waals surface area contributed by atoms with Crippen molar-refractivity contribution in [3.05, 3.63) is 65.2 Å². The molecular weight excluding hydrogens is 335 g/mol. The van der Waals surface area contributed by atoms with Gasteiger partial charge < -0.3 is 4.42 Å². The van der Waals surface area contributed by atoms with Gasteiger partial charge in [-0.25, -0.2) is 14.4 Å². The van der Waals surface area contributed by atoms with E-state index in [9.17, 15) is 4.39 Å². The lowest BCUT2D eigenvalue weighted by atomic mass is 10.2.